The summed E-state index contributed by atoms with van der Waals surface area (Å²) < 4.78 is 11.1. The summed E-state index contributed by atoms with van der Waals surface area (Å²) in [4.78, 5) is 27.6. The third kappa shape index (κ3) is 6.07. The topological polar surface area (TPSA) is 67.9 Å². The molecule has 2 aromatic rings. The van der Waals surface area contributed by atoms with Gasteiger partial charge in [0.2, 0.25) is 11.8 Å². The maximum Gasteiger partial charge on any atom is 0.244 e. The minimum absolute atomic E-state index is 0.00489. The lowest BCUT2D eigenvalue weighted by molar-refractivity contribution is -0.135. The first-order valence-electron chi connectivity index (χ1n) is 10.8. The first-order chi connectivity index (χ1) is 14.9. The van der Waals surface area contributed by atoms with E-state index in [1.165, 1.54) is 0 Å². The molecule has 6 nitrogen and oxygen atoms in total. The fraction of sp³-hybridized carbons (Fsp3) is 0.440. The Bertz CT molecular complexity index is 935. The second-order valence-corrected chi connectivity index (χ2v) is 8.19. The number of hydrogen-bond acceptors (Lipinski definition) is 4. The molecule has 1 N–H and O–H groups in total. The first-order valence-corrected chi connectivity index (χ1v) is 10.8. The zero-order valence-corrected chi connectivity index (χ0v) is 18.9. The van der Waals surface area contributed by atoms with Gasteiger partial charge in [0.1, 0.15) is 5.75 Å². The Morgan fingerprint density at radius 1 is 1.16 bits per heavy atom. The zero-order chi connectivity index (χ0) is 22.4. The molecular formula is C25H32N2O4. The van der Waals surface area contributed by atoms with Crippen molar-refractivity contribution in [1.82, 2.24) is 4.90 Å². The van der Waals surface area contributed by atoms with E-state index in [2.05, 4.69) is 5.32 Å². The fourth-order valence-corrected chi connectivity index (χ4v) is 3.80. The number of benzene rings is 2. The highest BCUT2D eigenvalue weighted by molar-refractivity contribution is 5.95. The number of rotatable bonds is 8. The predicted molar refractivity (Wildman–Crippen MR) is 122 cm³/mol. The van der Waals surface area contributed by atoms with Crippen molar-refractivity contribution in [2.75, 3.05) is 32.1 Å². The van der Waals surface area contributed by atoms with Crippen LogP contribution in [0, 0.1) is 20.8 Å². The number of anilines is 1. The van der Waals surface area contributed by atoms with Gasteiger partial charge in [-0.1, -0.05) is 24.3 Å². The molecule has 1 saturated heterocycles. The fourth-order valence-electron chi connectivity index (χ4n) is 3.80. The summed E-state index contributed by atoms with van der Waals surface area (Å²) >= 11 is 0. The quantitative estimate of drug-likeness (QED) is 0.700. The summed E-state index contributed by atoms with van der Waals surface area (Å²) in [6, 6.07) is 11.6. The largest absolute Gasteiger partial charge is 0.496 e. The lowest BCUT2D eigenvalue weighted by Gasteiger charge is -2.25. The Hall–Kier alpha value is -2.86. The van der Waals surface area contributed by atoms with E-state index in [0.717, 1.165) is 46.5 Å². The van der Waals surface area contributed by atoms with Gasteiger partial charge in [0.15, 0.2) is 0 Å². The van der Waals surface area contributed by atoms with Crippen LogP contribution in [-0.2, 0) is 20.7 Å². The van der Waals surface area contributed by atoms with Crippen molar-refractivity contribution in [2.45, 2.75) is 46.1 Å². The summed E-state index contributed by atoms with van der Waals surface area (Å²) in [5.74, 6) is 0.447. The molecule has 0 aliphatic carbocycles. The highest BCUT2D eigenvalue weighted by atomic mass is 16.5. The Balaban J connectivity index is 1.71. The lowest BCUT2D eigenvalue weighted by Crippen LogP contribution is -2.43. The summed E-state index contributed by atoms with van der Waals surface area (Å²) in [6.45, 7) is 7.07. The van der Waals surface area contributed by atoms with Crippen LogP contribution in [0.1, 0.15) is 35.1 Å². The van der Waals surface area contributed by atoms with E-state index in [9.17, 15) is 9.59 Å². The van der Waals surface area contributed by atoms with Crippen LogP contribution in [0.4, 0.5) is 5.69 Å². The van der Waals surface area contributed by atoms with Crippen LogP contribution in [0.3, 0.4) is 0 Å². The van der Waals surface area contributed by atoms with Gasteiger partial charge in [0, 0.05) is 18.8 Å². The van der Waals surface area contributed by atoms with Crippen molar-refractivity contribution < 1.29 is 19.1 Å². The second kappa shape index (κ2) is 10.4. The van der Waals surface area contributed by atoms with Crippen molar-refractivity contribution in [1.29, 1.82) is 0 Å². The third-order valence-electron chi connectivity index (χ3n) is 5.84. The molecular weight excluding hydrogens is 392 g/mol. The molecule has 1 heterocycles. The van der Waals surface area contributed by atoms with E-state index < -0.39 is 0 Å². The van der Waals surface area contributed by atoms with Crippen LogP contribution in [0.15, 0.2) is 36.4 Å². The molecule has 1 atom stereocenters. The Kier molecular flexibility index (Phi) is 7.69. The number of carbonyl (C=O) groups is 2. The Morgan fingerprint density at radius 2 is 1.97 bits per heavy atom. The van der Waals surface area contributed by atoms with Crippen molar-refractivity contribution in [2.24, 2.45) is 0 Å². The monoisotopic (exact) mass is 424 g/mol. The minimum Gasteiger partial charge on any atom is -0.496 e. The molecule has 2 amide bonds. The number of hydrogen-bond donors (Lipinski definition) is 1. The highest BCUT2D eigenvalue weighted by Gasteiger charge is 2.25. The van der Waals surface area contributed by atoms with Crippen LogP contribution in [0.5, 0.6) is 5.75 Å². The molecule has 1 aliphatic heterocycles. The molecule has 2 aromatic carbocycles. The standard InChI is InChI=1S/C25H32N2O4/c1-17-7-5-9-22(19(17)3)26-24(28)16-27(15-21-8-6-12-31-21)25(29)14-20-11-10-18(2)23(13-20)30-4/h5,7,9-11,13,21H,6,8,12,14-16H2,1-4H3,(H,26,28). The molecule has 1 aliphatic rings. The van der Waals surface area contributed by atoms with Gasteiger partial charge >= 0.3 is 0 Å². The average Bonchev–Trinajstić information content (AvgIpc) is 3.25. The molecule has 31 heavy (non-hydrogen) atoms. The van der Waals surface area contributed by atoms with Gasteiger partial charge in [-0.05, 0) is 68.0 Å². The SMILES string of the molecule is COc1cc(CC(=O)N(CC(=O)Nc2cccc(C)c2C)CC2CCCO2)ccc1C. The molecule has 0 bridgehead atoms. The molecule has 3 rings (SSSR count). The Labute approximate surface area is 184 Å². The molecule has 1 fully saturated rings. The van der Waals surface area contributed by atoms with E-state index in [4.69, 9.17) is 9.47 Å². The first kappa shape index (κ1) is 22.8. The van der Waals surface area contributed by atoms with Gasteiger partial charge in [-0.15, -0.1) is 0 Å². The zero-order valence-electron chi connectivity index (χ0n) is 18.9. The molecule has 0 saturated carbocycles. The predicted octanol–water partition coefficient (Wildman–Crippen LogP) is 3.81. The lowest BCUT2D eigenvalue weighted by atomic mass is 10.1. The summed E-state index contributed by atoms with van der Waals surface area (Å²) in [5.41, 5.74) is 4.79. The van der Waals surface area contributed by atoms with Crippen molar-refractivity contribution in [3.63, 3.8) is 0 Å². The molecule has 0 aromatic heterocycles. The van der Waals surface area contributed by atoms with E-state index in [0.29, 0.717) is 13.2 Å². The number of ether oxygens (including phenoxy) is 2. The maximum absolute atomic E-state index is 13.1. The van der Waals surface area contributed by atoms with Crippen LogP contribution in [0.25, 0.3) is 0 Å². The minimum atomic E-state index is -0.207. The van der Waals surface area contributed by atoms with Crippen LogP contribution in [0.2, 0.25) is 0 Å². The molecule has 0 radical (unpaired) electrons. The third-order valence-corrected chi connectivity index (χ3v) is 5.84. The number of nitrogens with zero attached hydrogens (tertiary/aromatic N) is 1. The summed E-state index contributed by atoms with van der Waals surface area (Å²) in [7, 11) is 1.62. The molecule has 1 unspecified atom stereocenters. The van der Waals surface area contributed by atoms with Gasteiger partial charge in [0.25, 0.3) is 0 Å². The molecule has 6 heteroatoms. The number of aryl methyl sites for hydroxylation is 2. The van der Waals surface area contributed by atoms with Gasteiger partial charge in [0.05, 0.1) is 26.2 Å². The number of methoxy groups -OCH3 is 1. The normalized spacial score (nSPS) is 15.5. The van der Waals surface area contributed by atoms with E-state index in [1.807, 2.05) is 57.2 Å². The van der Waals surface area contributed by atoms with Gasteiger partial charge in [-0.2, -0.15) is 0 Å². The van der Waals surface area contributed by atoms with E-state index >= 15 is 0 Å². The van der Waals surface area contributed by atoms with Crippen LogP contribution >= 0.6 is 0 Å². The van der Waals surface area contributed by atoms with Crippen molar-refractivity contribution >= 4 is 17.5 Å². The number of amides is 2. The van der Waals surface area contributed by atoms with Crippen molar-refractivity contribution in [3.8, 4) is 5.75 Å². The summed E-state index contributed by atoms with van der Waals surface area (Å²) in [6.07, 6.45) is 2.07. The van der Waals surface area contributed by atoms with Gasteiger partial charge in [-0.3, -0.25) is 9.59 Å². The van der Waals surface area contributed by atoms with E-state index in [-0.39, 0.29) is 30.9 Å². The molecule has 0 spiro atoms. The van der Waals surface area contributed by atoms with Crippen molar-refractivity contribution in [3.05, 3.63) is 58.7 Å². The van der Waals surface area contributed by atoms with Gasteiger partial charge < -0.3 is 19.7 Å². The second-order valence-electron chi connectivity index (χ2n) is 8.19. The summed E-state index contributed by atoms with van der Waals surface area (Å²) in [5, 5.41) is 2.96. The smallest absolute Gasteiger partial charge is 0.244 e. The number of nitrogens with one attached hydrogen (secondary N) is 1. The number of carbonyl (C=O) groups excluding carboxylic acids is 2. The average molecular weight is 425 g/mol. The maximum atomic E-state index is 13.1. The van der Waals surface area contributed by atoms with Crippen LogP contribution < -0.4 is 10.1 Å². The van der Waals surface area contributed by atoms with Gasteiger partial charge in [-0.25, -0.2) is 0 Å². The Morgan fingerprint density at radius 3 is 2.68 bits per heavy atom. The highest BCUT2D eigenvalue weighted by Crippen LogP contribution is 2.21. The van der Waals surface area contributed by atoms with E-state index in [1.54, 1.807) is 12.0 Å². The van der Waals surface area contributed by atoms with Crippen LogP contribution in [-0.4, -0.2) is 49.6 Å². The molecule has 166 valence electrons.